The van der Waals surface area contributed by atoms with Crippen molar-refractivity contribution in [1.29, 1.82) is 0 Å². The number of rotatable bonds is 9. The Balaban J connectivity index is 1.75. The number of ether oxygens (including phenoxy) is 1. The zero-order chi connectivity index (χ0) is 23.1. The molecule has 0 amide bonds. The van der Waals surface area contributed by atoms with Crippen LogP contribution >= 0.6 is 0 Å². The SMILES string of the molecule is COC(=O)CCCNc1nc(CN(C)Cc2ccccc2C(F)(F)F)nc2ccccc12. The molecule has 0 aliphatic carbocycles. The van der Waals surface area contributed by atoms with Gasteiger partial charge in [0.15, 0.2) is 0 Å². The van der Waals surface area contributed by atoms with E-state index >= 15 is 0 Å². The number of nitrogens with zero attached hydrogens (tertiary/aromatic N) is 3. The molecule has 3 aromatic rings. The lowest BCUT2D eigenvalue weighted by Gasteiger charge is -2.20. The second kappa shape index (κ2) is 10.4. The number of halogens is 3. The maximum absolute atomic E-state index is 13.3. The van der Waals surface area contributed by atoms with Crippen LogP contribution in [-0.2, 0) is 28.8 Å². The van der Waals surface area contributed by atoms with E-state index in [1.54, 1.807) is 18.0 Å². The minimum atomic E-state index is -4.40. The number of nitrogens with one attached hydrogen (secondary N) is 1. The molecule has 1 aromatic heterocycles. The van der Waals surface area contributed by atoms with Crippen LogP contribution in [0.25, 0.3) is 10.9 Å². The number of hydrogen-bond donors (Lipinski definition) is 1. The van der Waals surface area contributed by atoms with Crippen LogP contribution < -0.4 is 5.32 Å². The first-order chi connectivity index (χ1) is 15.3. The molecular formula is C23H25F3N4O2. The third-order valence-corrected chi connectivity index (χ3v) is 4.90. The first-order valence-corrected chi connectivity index (χ1v) is 10.2. The van der Waals surface area contributed by atoms with E-state index in [0.717, 1.165) is 17.0 Å². The number of carbonyl (C=O) groups excluding carboxylic acids is 1. The molecule has 0 unspecified atom stereocenters. The topological polar surface area (TPSA) is 67.3 Å². The van der Waals surface area contributed by atoms with Gasteiger partial charge in [-0.05, 0) is 37.2 Å². The summed E-state index contributed by atoms with van der Waals surface area (Å²) in [4.78, 5) is 22.2. The zero-order valence-electron chi connectivity index (χ0n) is 17.9. The van der Waals surface area contributed by atoms with Crippen molar-refractivity contribution in [1.82, 2.24) is 14.9 Å². The number of aromatic nitrogens is 2. The summed E-state index contributed by atoms with van der Waals surface area (Å²) in [6.45, 7) is 0.895. The minimum absolute atomic E-state index is 0.105. The van der Waals surface area contributed by atoms with Crippen LogP contribution in [0.2, 0.25) is 0 Å². The van der Waals surface area contributed by atoms with Gasteiger partial charge >= 0.3 is 12.1 Å². The fourth-order valence-corrected chi connectivity index (χ4v) is 3.39. The van der Waals surface area contributed by atoms with Gasteiger partial charge in [-0.2, -0.15) is 13.2 Å². The highest BCUT2D eigenvalue weighted by atomic mass is 19.4. The van der Waals surface area contributed by atoms with Gasteiger partial charge in [0.05, 0.1) is 24.7 Å². The second-order valence-corrected chi connectivity index (χ2v) is 7.44. The molecule has 6 nitrogen and oxygen atoms in total. The van der Waals surface area contributed by atoms with Crippen molar-refractivity contribution < 1.29 is 22.7 Å². The van der Waals surface area contributed by atoms with Gasteiger partial charge in [0.1, 0.15) is 11.6 Å². The number of benzene rings is 2. The summed E-state index contributed by atoms with van der Waals surface area (Å²) in [5.74, 6) is 0.839. The first-order valence-electron chi connectivity index (χ1n) is 10.2. The molecule has 0 radical (unpaired) electrons. The van der Waals surface area contributed by atoms with Crippen molar-refractivity contribution in [3.8, 4) is 0 Å². The second-order valence-electron chi connectivity index (χ2n) is 7.44. The van der Waals surface area contributed by atoms with Crippen LogP contribution in [0.5, 0.6) is 0 Å². The highest BCUT2D eigenvalue weighted by Gasteiger charge is 2.33. The Morgan fingerprint density at radius 1 is 1.06 bits per heavy atom. The summed E-state index contributed by atoms with van der Waals surface area (Å²) >= 11 is 0. The molecule has 9 heteroatoms. The fourth-order valence-electron chi connectivity index (χ4n) is 3.39. The van der Waals surface area contributed by atoms with Gasteiger partial charge in [0.2, 0.25) is 0 Å². The number of para-hydroxylation sites is 1. The number of hydrogen-bond acceptors (Lipinski definition) is 6. The molecule has 170 valence electrons. The third-order valence-electron chi connectivity index (χ3n) is 4.90. The molecule has 0 saturated heterocycles. The zero-order valence-corrected chi connectivity index (χ0v) is 17.9. The molecule has 0 aliphatic rings. The van der Waals surface area contributed by atoms with E-state index in [4.69, 9.17) is 0 Å². The van der Waals surface area contributed by atoms with Gasteiger partial charge < -0.3 is 10.1 Å². The van der Waals surface area contributed by atoms with Crippen LogP contribution in [0.3, 0.4) is 0 Å². The normalized spacial score (nSPS) is 11.7. The van der Waals surface area contributed by atoms with E-state index in [1.165, 1.54) is 19.2 Å². The van der Waals surface area contributed by atoms with E-state index in [2.05, 4.69) is 20.0 Å². The minimum Gasteiger partial charge on any atom is -0.469 e. The average molecular weight is 446 g/mol. The molecule has 0 fully saturated rings. The molecule has 0 spiro atoms. The standard InChI is InChI=1S/C23H25F3N4O2/c1-30(14-16-8-3-5-10-18(16)23(24,25)26)15-20-28-19-11-6-4-9-17(19)22(29-20)27-13-7-12-21(31)32-2/h3-6,8-11H,7,12-15H2,1-2H3,(H,27,28,29). The monoisotopic (exact) mass is 446 g/mol. The third kappa shape index (κ3) is 6.16. The molecule has 3 rings (SSSR count). The van der Waals surface area contributed by atoms with Gasteiger partial charge in [0, 0.05) is 24.9 Å². The number of methoxy groups -OCH3 is 1. The van der Waals surface area contributed by atoms with Crippen molar-refractivity contribution in [2.45, 2.75) is 32.1 Å². The largest absolute Gasteiger partial charge is 0.469 e. The summed E-state index contributed by atoms with van der Waals surface area (Å²) in [5, 5.41) is 4.07. The fraction of sp³-hybridized carbons (Fsp3) is 0.348. The Hall–Kier alpha value is -3.20. The lowest BCUT2D eigenvalue weighted by atomic mass is 10.1. The Bertz CT molecular complexity index is 1070. The van der Waals surface area contributed by atoms with Crippen LogP contribution in [0, 0.1) is 0 Å². The summed E-state index contributed by atoms with van der Waals surface area (Å²) in [7, 11) is 3.08. The summed E-state index contributed by atoms with van der Waals surface area (Å²) in [6, 6.07) is 13.1. The van der Waals surface area contributed by atoms with Gasteiger partial charge in [0.25, 0.3) is 0 Å². The van der Waals surface area contributed by atoms with E-state index in [1.807, 2.05) is 24.3 Å². The number of esters is 1. The molecule has 0 saturated carbocycles. The maximum Gasteiger partial charge on any atom is 0.416 e. The molecule has 1 heterocycles. The molecule has 0 bridgehead atoms. The van der Waals surface area contributed by atoms with Crippen molar-refractivity contribution in [2.75, 3.05) is 26.0 Å². The summed E-state index contributed by atoms with van der Waals surface area (Å²) in [5.41, 5.74) is 0.292. The highest BCUT2D eigenvalue weighted by Crippen LogP contribution is 2.32. The number of carbonyl (C=O) groups is 1. The Morgan fingerprint density at radius 3 is 2.53 bits per heavy atom. The summed E-state index contributed by atoms with van der Waals surface area (Å²) in [6.07, 6.45) is -3.53. The van der Waals surface area contributed by atoms with E-state index < -0.39 is 11.7 Å². The molecule has 0 atom stereocenters. The molecule has 32 heavy (non-hydrogen) atoms. The van der Waals surface area contributed by atoms with Crippen molar-refractivity contribution >= 4 is 22.7 Å². The smallest absolute Gasteiger partial charge is 0.416 e. The molecule has 1 N–H and O–H groups in total. The summed E-state index contributed by atoms with van der Waals surface area (Å²) < 4.78 is 44.5. The quantitative estimate of drug-likeness (QED) is 0.381. The predicted octanol–water partition coefficient (Wildman–Crippen LogP) is 4.65. The van der Waals surface area contributed by atoms with Crippen molar-refractivity contribution in [3.05, 3.63) is 65.5 Å². The lowest BCUT2D eigenvalue weighted by molar-refractivity contribution is -0.140. The van der Waals surface area contributed by atoms with E-state index in [-0.39, 0.29) is 24.6 Å². The first kappa shape index (κ1) is 23.5. The Kier molecular flexibility index (Phi) is 7.63. The van der Waals surface area contributed by atoms with Gasteiger partial charge in [-0.3, -0.25) is 9.69 Å². The molecular weight excluding hydrogens is 421 g/mol. The van der Waals surface area contributed by atoms with E-state index in [0.29, 0.717) is 31.0 Å². The number of fused-ring (bicyclic) bond motifs is 1. The Labute approximate surface area is 184 Å². The van der Waals surface area contributed by atoms with Crippen LogP contribution in [-0.4, -0.2) is 41.5 Å². The lowest BCUT2D eigenvalue weighted by Crippen LogP contribution is -2.21. The highest BCUT2D eigenvalue weighted by molar-refractivity contribution is 5.89. The van der Waals surface area contributed by atoms with Crippen LogP contribution in [0.1, 0.15) is 29.8 Å². The number of anilines is 1. The van der Waals surface area contributed by atoms with Crippen molar-refractivity contribution in [2.24, 2.45) is 0 Å². The van der Waals surface area contributed by atoms with Gasteiger partial charge in [-0.1, -0.05) is 30.3 Å². The van der Waals surface area contributed by atoms with E-state index in [9.17, 15) is 18.0 Å². The van der Waals surface area contributed by atoms with Gasteiger partial charge in [-0.25, -0.2) is 9.97 Å². The number of alkyl halides is 3. The average Bonchev–Trinajstić information content (AvgIpc) is 2.76. The van der Waals surface area contributed by atoms with Crippen molar-refractivity contribution in [3.63, 3.8) is 0 Å². The molecule has 0 aliphatic heterocycles. The predicted molar refractivity (Wildman–Crippen MR) is 116 cm³/mol. The van der Waals surface area contributed by atoms with Crippen LogP contribution in [0.4, 0.5) is 19.0 Å². The molecule has 2 aromatic carbocycles. The Morgan fingerprint density at radius 2 is 1.78 bits per heavy atom. The van der Waals surface area contributed by atoms with Crippen LogP contribution in [0.15, 0.2) is 48.5 Å². The maximum atomic E-state index is 13.3. The van der Waals surface area contributed by atoms with Gasteiger partial charge in [-0.15, -0.1) is 0 Å².